The van der Waals surface area contributed by atoms with Gasteiger partial charge in [-0.05, 0) is 56.1 Å². The van der Waals surface area contributed by atoms with Crippen LogP contribution in [0, 0.1) is 0 Å². The number of hydrogen-bond acceptors (Lipinski definition) is 7. The van der Waals surface area contributed by atoms with Crippen molar-refractivity contribution in [3.05, 3.63) is 71.1 Å². The number of amidine groups is 1. The van der Waals surface area contributed by atoms with Gasteiger partial charge in [0.25, 0.3) is 5.92 Å². The Morgan fingerprint density at radius 1 is 1.26 bits per heavy atom. The van der Waals surface area contributed by atoms with Crippen molar-refractivity contribution in [2.24, 2.45) is 9.98 Å². The first-order valence-electron chi connectivity index (χ1n) is 11.1. The van der Waals surface area contributed by atoms with Gasteiger partial charge >= 0.3 is 0 Å². The van der Waals surface area contributed by atoms with Crippen LogP contribution in [0.3, 0.4) is 0 Å². The molecular formula is C25H27F2N5O2. The number of hydrogen-bond donors (Lipinski definition) is 3. The van der Waals surface area contributed by atoms with Crippen molar-refractivity contribution in [2.75, 3.05) is 6.54 Å². The number of ether oxygens (including phenoxy) is 1. The molecule has 178 valence electrons. The zero-order chi connectivity index (χ0) is 24.1. The summed E-state index contributed by atoms with van der Waals surface area (Å²) in [6, 6.07) is 7.41. The highest BCUT2D eigenvalue weighted by molar-refractivity contribution is 6.05. The van der Waals surface area contributed by atoms with Crippen molar-refractivity contribution in [3.63, 3.8) is 0 Å². The summed E-state index contributed by atoms with van der Waals surface area (Å²) in [6.45, 7) is 3.53. The molecule has 0 saturated heterocycles. The number of aromatic hydroxyl groups is 1. The highest BCUT2D eigenvalue weighted by Crippen LogP contribution is 2.33. The number of fused-ring (bicyclic) bond motifs is 1. The van der Waals surface area contributed by atoms with Crippen LogP contribution in [0.2, 0.25) is 0 Å². The maximum Gasteiger partial charge on any atom is 0.270 e. The number of aromatic nitrogens is 1. The minimum Gasteiger partial charge on any atom is -0.504 e. The Labute approximate surface area is 197 Å². The van der Waals surface area contributed by atoms with Crippen LogP contribution in [0.25, 0.3) is 0 Å². The Bertz CT molecular complexity index is 1170. The van der Waals surface area contributed by atoms with E-state index in [-0.39, 0.29) is 29.1 Å². The number of aliphatic imine (C=N–C) groups is 2. The van der Waals surface area contributed by atoms with E-state index >= 15 is 0 Å². The minimum absolute atomic E-state index is 0.0114. The second kappa shape index (κ2) is 10.1. The van der Waals surface area contributed by atoms with E-state index in [0.717, 1.165) is 42.8 Å². The fraction of sp³-hybridized carbons (Fsp3) is 0.320. The molecule has 3 N–H and O–H groups in total. The van der Waals surface area contributed by atoms with Crippen LogP contribution in [-0.4, -0.2) is 35.0 Å². The van der Waals surface area contributed by atoms with E-state index in [0.29, 0.717) is 13.0 Å². The first-order chi connectivity index (χ1) is 16.3. The second-order valence-corrected chi connectivity index (χ2v) is 8.30. The van der Waals surface area contributed by atoms with Crippen LogP contribution in [0.1, 0.15) is 37.8 Å². The second-order valence-electron chi connectivity index (χ2n) is 8.30. The summed E-state index contributed by atoms with van der Waals surface area (Å²) in [5.74, 6) is -2.16. The molecule has 9 heteroatoms. The maximum atomic E-state index is 13.5. The standard InChI is InChI=1S/C25H27F2N5O2/c1-16-5-3-4-10-29-23-22(16)24(32-15-31-23)30-11-8-17-6-7-20(19(33)13-17)34-21-14-18(9-12-28-21)25(2,26)27/h4,6-7,9-10,12-15,24,30,33H,3,5,8,11H2,1-2H3,(H,29,31,32). The third-order valence-electron chi connectivity index (χ3n) is 5.65. The minimum atomic E-state index is -3.01. The topological polar surface area (TPSA) is 91.1 Å². The summed E-state index contributed by atoms with van der Waals surface area (Å²) in [7, 11) is 0. The van der Waals surface area contributed by atoms with Crippen molar-refractivity contribution in [2.45, 2.75) is 45.2 Å². The number of halogens is 2. The Morgan fingerprint density at radius 2 is 2.12 bits per heavy atom. The number of phenols is 1. The van der Waals surface area contributed by atoms with Crippen molar-refractivity contribution in [1.82, 2.24) is 15.6 Å². The molecule has 1 aromatic carbocycles. The van der Waals surface area contributed by atoms with Gasteiger partial charge in [0.05, 0.1) is 0 Å². The molecule has 2 aliphatic rings. The molecule has 0 bridgehead atoms. The number of nitrogens with zero attached hydrogens (tertiary/aromatic N) is 3. The fourth-order valence-electron chi connectivity index (χ4n) is 3.80. The van der Waals surface area contributed by atoms with Gasteiger partial charge in [0.15, 0.2) is 11.5 Å². The van der Waals surface area contributed by atoms with E-state index in [1.54, 1.807) is 18.5 Å². The molecule has 0 spiro atoms. The van der Waals surface area contributed by atoms with Crippen LogP contribution in [0.15, 0.2) is 69.9 Å². The van der Waals surface area contributed by atoms with Gasteiger partial charge in [-0.25, -0.2) is 23.7 Å². The van der Waals surface area contributed by atoms with Gasteiger partial charge in [0.1, 0.15) is 18.3 Å². The summed E-state index contributed by atoms with van der Waals surface area (Å²) in [5.41, 5.74) is 2.98. The molecule has 7 nitrogen and oxygen atoms in total. The van der Waals surface area contributed by atoms with Gasteiger partial charge in [-0.3, -0.25) is 5.32 Å². The van der Waals surface area contributed by atoms with E-state index in [2.05, 4.69) is 38.6 Å². The summed E-state index contributed by atoms with van der Waals surface area (Å²) < 4.78 is 32.6. The molecule has 0 radical (unpaired) electrons. The van der Waals surface area contributed by atoms with Crippen molar-refractivity contribution < 1.29 is 18.6 Å². The van der Waals surface area contributed by atoms with Crippen molar-refractivity contribution in [3.8, 4) is 17.4 Å². The zero-order valence-corrected chi connectivity index (χ0v) is 19.1. The van der Waals surface area contributed by atoms with Crippen LogP contribution in [0.5, 0.6) is 17.4 Å². The lowest BCUT2D eigenvalue weighted by molar-refractivity contribution is 0.0171. The predicted molar refractivity (Wildman–Crippen MR) is 128 cm³/mol. The highest BCUT2D eigenvalue weighted by Gasteiger charge is 2.25. The van der Waals surface area contributed by atoms with E-state index < -0.39 is 5.92 Å². The van der Waals surface area contributed by atoms with E-state index in [9.17, 15) is 13.9 Å². The van der Waals surface area contributed by atoms with Crippen molar-refractivity contribution >= 4 is 12.2 Å². The smallest absolute Gasteiger partial charge is 0.270 e. The molecular weight excluding hydrogens is 440 g/mol. The summed E-state index contributed by atoms with van der Waals surface area (Å²) >= 11 is 0. The quantitative estimate of drug-likeness (QED) is 0.544. The lowest BCUT2D eigenvalue weighted by atomic mass is 9.99. The molecule has 1 unspecified atom stereocenters. The Balaban J connectivity index is 1.38. The Kier molecular flexibility index (Phi) is 7.02. The monoisotopic (exact) mass is 467 g/mol. The predicted octanol–water partition coefficient (Wildman–Crippen LogP) is 4.80. The van der Waals surface area contributed by atoms with Crippen molar-refractivity contribution in [1.29, 1.82) is 0 Å². The molecule has 1 aromatic heterocycles. The number of allylic oxidation sites excluding steroid dienone is 2. The summed E-state index contributed by atoms with van der Waals surface area (Å²) in [5, 5.41) is 17.1. The van der Waals surface area contributed by atoms with E-state index in [1.165, 1.54) is 17.8 Å². The molecule has 0 fully saturated rings. The fourth-order valence-corrected chi connectivity index (χ4v) is 3.80. The van der Waals surface area contributed by atoms with Gasteiger partial charge < -0.3 is 15.2 Å². The maximum absolute atomic E-state index is 13.5. The first kappa shape index (κ1) is 23.6. The van der Waals surface area contributed by atoms with Gasteiger partial charge in [-0.1, -0.05) is 17.7 Å². The number of rotatable bonds is 7. The van der Waals surface area contributed by atoms with Gasteiger partial charge in [0.2, 0.25) is 5.88 Å². The lowest BCUT2D eigenvalue weighted by Crippen LogP contribution is -2.40. The third kappa shape index (κ3) is 5.66. The molecule has 4 rings (SSSR count). The molecule has 0 aliphatic carbocycles. The van der Waals surface area contributed by atoms with E-state index in [1.807, 2.05) is 12.3 Å². The average molecular weight is 468 g/mol. The van der Waals surface area contributed by atoms with Crippen LogP contribution >= 0.6 is 0 Å². The van der Waals surface area contributed by atoms with E-state index in [4.69, 9.17) is 4.74 Å². The number of phenolic OH excluding ortho intramolecular Hbond substituents is 1. The number of nitrogens with one attached hydrogen (secondary N) is 2. The highest BCUT2D eigenvalue weighted by atomic mass is 19.3. The third-order valence-corrected chi connectivity index (χ3v) is 5.65. The SMILES string of the molecule is CC1=C2C(=NC=NC2NCCc2ccc(Oc3cc(C(C)(F)F)ccn3)c(O)c2)NC=CCC1. The largest absolute Gasteiger partial charge is 0.504 e. The molecule has 3 heterocycles. The average Bonchev–Trinajstić information content (AvgIpc) is 2.79. The van der Waals surface area contributed by atoms with Gasteiger partial charge in [-0.2, -0.15) is 0 Å². The normalized spacial score (nSPS) is 18.0. The summed E-state index contributed by atoms with van der Waals surface area (Å²) in [6.07, 6.45) is 9.16. The zero-order valence-electron chi connectivity index (χ0n) is 19.1. The Morgan fingerprint density at radius 3 is 2.91 bits per heavy atom. The Hall–Kier alpha value is -3.59. The number of benzene rings is 1. The van der Waals surface area contributed by atoms with Crippen LogP contribution in [0.4, 0.5) is 8.78 Å². The van der Waals surface area contributed by atoms with Gasteiger partial charge in [-0.15, -0.1) is 0 Å². The molecule has 0 amide bonds. The number of pyridine rings is 1. The van der Waals surface area contributed by atoms with Gasteiger partial charge in [0, 0.05) is 36.9 Å². The molecule has 1 atom stereocenters. The first-order valence-corrected chi connectivity index (χ1v) is 11.1. The summed E-state index contributed by atoms with van der Waals surface area (Å²) in [4.78, 5) is 12.8. The van der Waals surface area contributed by atoms with Crippen LogP contribution in [-0.2, 0) is 12.3 Å². The molecule has 0 saturated carbocycles. The lowest BCUT2D eigenvalue weighted by Gasteiger charge is -2.25. The number of alkyl halides is 2. The van der Waals surface area contributed by atoms with Crippen LogP contribution < -0.4 is 15.4 Å². The molecule has 2 aromatic rings. The molecule has 34 heavy (non-hydrogen) atoms. The molecule has 2 aliphatic heterocycles.